The topological polar surface area (TPSA) is 38.5 Å². The second kappa shape index (κ2) is 9.77. The van der Waals surface area contributed by atoms with Gasteiger partial charge in [-0.3, -0.25) is 0 Å². The Labute approximate surface area is 268 Å². The molecular formula is C42H29NO2S. The maximum Gasteiger partial charge on any atom is 0.207 e. The first-order valence-electron chi connectivity index (χ1n) is 15.6. The Morgan fingerprint density at radius 3 is 1.85 bits per heavy atom. The van der Waals surface area contributed by atoms with Crippen LogP contribution in [0.3, 0.4) is 0 Å². The van der Waals surface area contributed by atoms with Gasteiger partial charge in [0.25, 0.3) is 0 Å². The zero-order valence-electron chi connectivity index (χ0n) is 25.5. The summed E-state index contributed by atoms with van der Waals surface area (Å²) in [7, 11) is -3.58. The van der Waals surface area contributed by atoms with Crippen molar-refractivity contribution in [3.8, 4) is 44.5 Å². The van der Waals surface area contributed by atoms with E-state index in [2.05, 4.69) is 91.1 Å². The van der Waals surface area contributed by atoms with Gasteiger partial charge in [0.1, 0.15) is 0 Å². The molecule has 0 amide bonds. The third-order valence-electron chi connectivity index (χ3n) is 9.58. The van der Waals surface area contributed by atoms with Gasteiger partial charge in [-0.05, 0) is 95.8 Å². The average molecular weight is 612 g/mol. The van der Waals surface area contributed by atoms with Gasteiger partial charge in [-0.15, -0.1) is 0 Å². The SMILES string of the molecule is C/C=C\c1c(C)n2c3ccccc3c3cc(-c4cccc(-c5ccc6c(c5)-c5cc(-c7ccccc7)ccc5S6(=O)=O)c4)cc1c32. The van der Waals surface area contributed by atoms with Crippen LogP contribution in [0.5, 0.6) is 0 Å². The van der Waals surface area contributed by atoms with Gasteiger partial charge < -0.3 is 4.40 Å². The van der Waals surface area contributed by atoms with Crippen molar-refractivity contribution in [2.24, 2.45) is 0 Å². The molecule has 6 aromatic carbocycles. The van der Waals surface area contributed by atoms with E-state index in [0.29, 0.717) is 9.79 Å². The molecule has 0 unspecified atom stereocenters. The lowest BCUT2D eigenvalue weighted by molar-refractivity contribution is 0.598. The number of rotatable bonds is 4. The Morgan fingerprint density at radius 2 is 1.13 bits per heavy atom. The van der Waals surface area contributed by atoms with Gasteiger partial charge in [0.05, 0.1) is 20.8 Å². The van der Waals surface area contributed by atoms with Gasteiger partial charge in [-0.1, -0.05) is 91.0 Å². The predicted molar refractivity (Wildman–Crippen MR) is 190 cm³/mol. The molecule has 1 aliphatic heterocycles. The summed E-state index contributed by atoms with van der Waals surface area (Å²) < 4.78 is 29.5. The van der Waals surface area contributed by atoms with Crippen molar-refractivity contribution in [1.29, 1.82) is 0 Å². The molecule has 0 bridgehead atoms. The van der Waals surface area contributed by atoms with Gasteiger partial charge >= 0.3 is 0 Å². The van der Waals surface area contributed by atoms with Crippen LogP contribution in [0.15, 0.2) is 143 Å². The minimum absolute atomic E-state index is 0.371. The van der Waals surface area contributed by atoms with Crippen LogP contribution in [0.2, 0.25) is 0 Å². The minimum Gasteiger partial charge on any atom is -0.312 e. The Kier molecular flexibility index (Phi) is 5.72. The molecule has 0 N–H and O–H groups in total. The van der Waals surface area contributed by atoms with Crippen molar-refractivity contribution < 1.29 is 8.42 Å². The summed E-state index contributed by atoms with van der Waals surface area (Å²) in [5, 5.41) is 3.75. The van der Waals surface area contributed by atoms with Crippen LogP contribution < -0.4 is 0 Å². The Balaban J connectivity index is 1.20. The van der Waals surface area contributed by atoms with Crippen molar-refractivity contribution in [2.45, 2.75) is 23.6 Å². The zero-order valence-corrected chi connectivity index (χ0v) is 26.3. The number of allylic oxidation sites excluding steroid dienone is 1. The molecule has 0 radical (unpaired) electrons. The Hall–Kier alpha value is -5.45. The molecule has 2 aromatic heterocycles. The molecule has 1 aliphatic rings. The molecule has 9 rings (SSSR count). The van der Waals surface area contributed by atoms with Crippen LogP contribution in [-0.2, 0) is 9.84 Å². The molecule has 0 fully saturated rings. The number of hydrogen-bond acceptors (Lipinski definition) is 2. The smallest absolute Gasteiger partial charge is 0.207 e. The van der Waals surface area contributed by atoms with Crippen LogP contribution >= 0.6 is 0 Å². The lowest BCUT2D eigenvalue weighted by Crippen LogP contribution is -1.96. The van der Waals surface area contributed by atoms with E-state index in [-0.39, 0.29) is 0 Å². The van der Waals surface area contributed by atoms with Crippen LogP contribution in [0.1, 0.15) is 18.2 Å². The summed E-state index contributed by atoms with van der Waals surface area (Å²) in [5.74, 6) is 0. The summed E-state index contributed by atoms with van der Waals surface area (Å²) in [6, 6.07) is 43.4. The maximum absolute atomic E-state index is 13.5. The zero-order chi connectivity index (χ0) is 31.2. The Bertz CT molecular complexity index is 2660. The lowest BCUT2D eigenvalue weighted by atomic mass is 9.94. The monoisotopic (exact) mass is 611 g/mol. The molecule has 0 spiro atoms. The fraction of sp³-hybridized carbons (Fsp3) is 0.0476. The van der Waals surface area contributed by atoms with Crippen LogP contribution in [0, 0.1) is 6.92 Å². The lowest BCUT2D eigenvalue weighted by Gasteiger charge is -2.10. The van der Waals surface area contributed by atoms with Crippen LogP contribution in [0.4, 0.5) is 0 Å². The van der Waals surface area contributed by atoms with E-state index in [1.54, 1.807) is 12.1 Å². The predicted octanol–water partition coefficient (Wildman–Crippen LogP) is 10.8. The number of hydrogen-bond donors (Lipinski definition) is 0. The highest BCUT2D eigenvalue weighted by Crippen LogP contribution is 2.47. The second-order valence-corrected chi connectivity index (χ2v) is 14.0. The highest BCUT2D eigenvalue weighted by Gasteiger charge is 2.33. The van der Waals surface area contributed by atoms with E-state index < -0.39 is 9.84 Å². The van der Waals surface area contributed by atoms with Crippen LogP contribution in [-0.4, -0.2) is 12.8 Å². The highest BCUT2D eigenvalue weighted by atomic mass is 32.2. The number of aromatic nitrogens is 1. The van der Waals surface area contributed by atoms with Crippen molar-refractivity contribution >= 4 is 43.1 Å². The molecule has 3 heterocycles. The summed E-state index contributed by atoms with van der Waals surface area (Å²) in [6.45, 7) is 4.27. The Morgan fingerprint density at radius 1 is 0.543 bits per heavy atom. The normalized spacial score (nSPS) is 13.7. The summed E-state index contributed by atoms with van der Waals surface area (Å²) >= 11 is 0. The third-order valence-corrected chi connectivity index (χ3v) is 11.5. The molecule has 0 saturated heterocycles. The van der Waals surface area contributed by atoms with Gasteiger partial charge in [0.15, 0.2) is 0 Å². The van der Waals surface area contributed by atoms with Crippen molar-refractivity contribution in [2.75, 3.05) is 0 Å². The van der Waals surface area contributed by atoms with Crippen molar-refractivity contribution in [3.05, 3.63) is 145 Å². The van der Waals surface area contributed by atoms with E-state index in [0.717, 1.165) is 44.5 Å². The second-order valence-electron chi connectivity index (χ2n) is 12.1. The minimum atomic E-state index is -3.58. The number of fused-ring (bicyclic) bond motifs is 6. The van der Waals surface area contributed by atoms with Crippen molar-refractivity contribution in [1.82, 2.24) is 4.40 Å². The number of para-hydroxylation sites is 1. The molecule has 0 saturated carbocycles. The molecule has 8 aromatic rings. The first-order chi connectivity index (χ1) is 22.4. The standard InChI is InChI=1S/C42H29NO2S/c1-3-10-33-26(2)43-39-16-8-7-15-34(39)38-25-32(24-37(33)42(38)43)29-14-9-13-28(21-29)31-18-20-41-36(23-31)35-22-30(27-11-5-4-6-12-27)17-19-40(35)46(41,44)45/h3-25H,1-2H3/b10-3-. The van der Waals surface area contributed by atoms with Gasteiger partial charge in [0, 0.05) is 38.5 Å². The quantitative estimate of drug-likeness (QED) is 0.199. The van der Waals surface area contributed by atoms with E-state index in [4.69, 9.17) is 0 Å². The van der Waals surface area contributed by atoms with E-state index in [9.17, 15) is 8.42 Å². The summed E-state index contributed by atoms with van der Waals surface area (Å²) in [5.41, 5.74) is 12.9. The van der Waals surface area contributed by atoms with E-state index in [1.165, 1.54) is 38.4 Å². The molecule has 4 heteroatoms. The van der Waals surface area contributed by atoms with Gasteiger partial charge in [-0.2, -0.15) is 0 Å². The molecule has 0 atom stereocenters. The first kappa shape index (κ1) is 26.9. The molecule has 3 nitrogen and oxygen atoms in total. The fourth-order valence-corrected chi connectivity index (χ4v) is 9.09. The van der Waals surface area contributed by atoms with Crippen LogP contribution in [0.25, 0.3) is 77.8 Å². The highest BCUT2D eigenvalue weighted by molar-refractivity contribution is 7.92. The van der Waals surface area contributed by atoms with Crippen molar-refractivity contribution in [3.63, 3.8) is 0 Å². The van der Waals surface area contributed by atoms with E-state index >= 15 is 0 Å². The number of aryl methyl sites for hydroxylation is 1. The molecule has 220 valence electrons. The summed E-state index contributed by atoms with van der Waals surface area (Å²) in [4.78, 5) is 0.745. The molecule has 0 aliphatic carbocycles. The third kappa shape index (κ3) is 3.74. The maximum atomic E-state index is 13.5. The summed E-state index contributed by atoms with van der Waals surface area (Å²) in [6.07, 6.45) is 4.33. The number of nitrogens with zero attached hydrogens (tertiary/aromatic N) is 1. The van der Waals surface area contributed by atoms with Gasteiger partial charge in [-0.25, -0.2) is 8.42 Å². The largest absolute Gasteiger partial charge is 0.312 e. The van der Waals surface area contributed by atoms with E-state index in [1.807, 2.05) is 54.6 Å². The fourth-order valence-electron chi connectivity index (χ4n) is 7.45. The molecular weight excluding hydrogens is 583 g/mol. The average Bonchev–Trinajstić information content (AvgIpc) is 3.66. The molecule has 46 heavy (non-hydrogen) atoms. The first-order valence-corrected chi connectivity index (χ1v) is 17.0. The number of sulfone groups is 1. The van der Waals surface area contributed by atoms with Gasteiger partial charge in [0.2, 0.25) is 9.84 Å². The number of benzene rings is 6.